The van der Waals surface area contributed by atoms with Crippen LogP contribution in [0.25, 0.3) is 0 Å². The summed E-state index contributed by atoms with van der Waals surface area (Å²) >= 11 is 0. The number of hydrogen-bond acceptors (Lipinski definition) is 5. The van der Waals surface area contributed by atoms with E-state index in [-0.39, 0.29) is 23.0 Å². The number of ether oxygens (including phenoxy) is 3. The summed E-state index contributed by atoms with van der Waals surface area (Å²) in [6, 6.07) is 8.32. The third-order valence-corrected chi connectivity index (χ3v) is 7.62. The van der Waals surface area contributed by atoms with Crippen molar-refractivity contribution in [3.63, 3.8) is 0 Å². The van der Waals surface area contributed by atoms with Gasteiger partial charge in [-0.15, -0.1) is 0 Å². The van der Waals surface area contributed by atoms with Crippen LogP contribution in [-0.4, -0.2) is 28.9 Å². The fourth-order valence-electron chi connectivity index (χ4n) is 6.24. The minimum absolute atomic E-state index is 0.0203. The molecular weight excluding hydrogens is 438 g/mol. The van der Waals surface area contributed by atoms with Crippen molar-refractivity contribution in [1.82, 2.24) is 4.98 Å². The predicted molar refractivity (Wildman–Crippen MR) is 137 cm³/mol. The van der Waals surface area contributed by atoms with E-state index in [1.165, 1.54) is 11.1 Å². The summed E-state index contributed by atoms with van der Waals surface area (Å²) in [5.41, 5.74) is 5.99. The van der Waals surface area contributed by atoms with Crippen molar-refractivity contribution >= 4 is 0 Å². The third kappa shape index (κ3) is 4.52. The highest BCUT2D eigenvalue weighted by Gasteiger charge is 2.52. The van der Waals surface area contributed by atoms with Gasteiger partial charge in [-0.05, 0) is 68.2 Å². The van der Waals surface area contributed by atoms with Crippen LogP contribution in [0.2, 0.25) is 0 Å². The molecule has 1 aliphatic carbocycles. The summed E-state index contributed by atoms with van der Waals surface area (Å²) in [4.78, 5) is 5.25. The average molecular weight is 480 g/mol. The molecule has 0 saturated carbocycles. The Kier molecular flexibility index (Phi) is 6.05. The Morgan fingerprint density at radius 2 is 1.71 bits per heavy atom. The van der Waals surface area contributed by atoms with E-state index in [9.17, 15) is 5.11 Å². The van der Waals surface area contributed by atoms with Crippen LogP contribution in [-0.2, 0) is 21.5 Å². The quantitative estimate of drug-likeness (QED) is 0.543. The number of hydrogen-bond donors (Lipinski definition) is 1. The number of aromatic nitrogens is 1. The van der Waals surface area contributed by atoms with Crippen molar-refractivity contribution < 1.29 is 19.3 Å². The van der Waals surface area contributed by atoms with Gasteiger partial charge in [0, 0.05) is 48.6 Å². The lowest BCUT2D eigenvalue weighted by Crippen LogP contribution is -2.37. The second kappa shape index (κ2) is 8.57. The lowest BCUT2D eigenvalue weighted by atomic mass is 9.70. The standard InChI is InChI=1S/C30H41NO4/c1-18(2)26-24-25(23-21(31-26)16-29(6,7)17-22(23)32)30(12-14-33-15-13-30)35-27(24)19-8-10-20(11-9-19)34-28(3,4)5/h8-11,18,22,27,32H,12-17H2,1-7H3/t22?,27-/m1/s1. The number of pyridine rings is 1. The molecule has 1 saturated heterocycles. The number of fused-ring (bicyclic) bond motifs is 4. The summed E-state index contributed by atoms with van der Waals surface area (Å²) in [7, 11) is 0. The molecule has 2 aromatic rings. The Balaban J connectivity index is 1.69. The topological polar surface area (TPSA) is 60.8 Å². The molecule has 0 radical (unpaired) electrons. The zero-order chi connectivity index (χ0) is 25.2. The maximum Gasteiger partial charge on any atom is 0.120 e. The lowest BCUT2D eigenvalue weighted by molar-refractivity contribution is -0.122. The van der Waals surface area contributed by atoms with Gasteiger partial charge in [-0.3, -0.25) is 4.98 Å². The molecule has 35 heavy (non-hydrogen) atoms. The third-order valence-electron chi connectivity index (χ3n) is 7.62. The number of aliphatic hydroxyl groups is 1. The summed E-state index contributed by atoms with van der Waals surface area (Å²) in [6.45, 7) is 16.4. The average Bonchev–Trinajstić information content (AvgIpc) is 3.06. The van der Waals surface area contributed by atoms with Gasteiger partial charge in [-0.1, -0.05) is 39.8 Å². The van der Waals surface area contributed by atoms with E-state index in [0.717, 1.165) is 53.9 Å². The van der Waals surface area contributed by atoms with Crippen LogP contribution in [0, 0.1) is 5.41 Å². The molecule has 3 aliphatic rings. The summed E-state index contributed by atoms with van der Waals surface area (Å²) in [5.74, 6) is 1.10. The predicted octanol–water partition coefficient (Wildman–Crippen LogP) is 6.51. The van der Waals surface area contributed by atoms with E-state index in [1.807, 2.05) is 12.1 Å². The highest BCUT2D eigenvalue weighted by Crippen LogP contribution is 2.57. The molecule has 1 aromatic heterocycles. The molecule has 1 aromatic carbocycles. The number of nitrogens with zero attached hydrogens (tertiary/aromatic N) is 1. The minimum atomic E-state index is -0.527. The lowest BCUT2D eigenvalue weighted by Gasteiger charge is -2.40. The molecule has 0 amide bonds. The zero-order valence-corrected chi connectivity index (χ0v) is 22.4. The van der Waals surface area contributed by atoms with E-state index in [2.05, 4.69) is 60.6 Å². The normalized spacial score (nSPS) is 24.9. The van der Waals surface area contributed by atoms with Gasteiger partial charge < -0.3 is 19.3 Å². The molecule has 2 atom stereocenters. The summed E-state index contributed by atoms with van der Waals surface area (Å²) in [6.07, 6.45) is 2.47. The first kappa shape index (κ1) is 24.7. The summed E-state index contributed by atoms with van der Waals surface area (Å²) in [5, 5.41) is 11.5. The van der Waals surface area contributed by atoms with Gasteiger partial charge in [-0.2, -0.15) is 0 Å². The van der Waals surface area contributed by atoms with Crippen LogP contribution >= 0.6 is 0 Å². The number of rotatable bonds is 3. The van der Waals surface area contributed by atoms with E-state index < -0.39 is 11.7 Å². The maximum atomic E-state index is 11.5. The molecule has 5 rings (SSSR count). The van der Waals surface area contributed by atoms with Crippen molar-refractivity contribution in [2.24, 2.45) is 5.41 Å². The van der Waals surface area contributed by atoms with Gasteiger partial charge in [-0.25, -0.2) is 0 Å². The minimum Gasteiger partial charge on any atom is -0.488 e. The maximum absolute atomic E-state index is 11.5. The fraction of sp³-hybridized carbons (Fsp3) is 0.633. The molecule has 0 bridgehead atoms. The van der Waals surface area contributed by atoms with Crippen LogP contribution in [0.15, 0.2) is 24.3 Å². The monoisotopic (exact) mass is 479 g/mol. The Hall–Kier alpha value is -1.95. The molecular formula is C30H41NO4. The number of benzene rings is 1. The second-order valence-electron chi connectivity index (χ2n) is 12.7. The van der Waals surface area contributed by atoms with Gasteiger partial charge in [0.25, 0.3) is 0 Å². The van der Waals surface area contributed by atoms with Gasteiger partial charge >= 0.3 is 0 Å². The SMILES string of the molecule is CC(C)c1nc2c(c3c1[C@@H](c1ccc(OC(C)(C)C)cc1)OC31CCOCC1)C(O)CC(C)(C)C2. The van der Waals surface area contributed by atoms with E-state index >= 15 is 0 Å². The smallest absolute Gasteiger partial charge is 0.120 e. The van der Waals surface area contributed by atoms with Gasteiger partial charge in [0.1, 0.15) is 17.5 Å². The Morgan fingerprint density at radius 1 is 1.06 bits per heavy atom. The number of aliphatic hydroxyl groups excluding tert-OH is 1. The van der Waals surface area contributed by atoms with Crippen molar-refractivity contribution in [1.29, 1.82) is 0 Å². The van der Waals surface area contributed by atoms with E-state index in [0.29, 0.717) is 13.2 Å². The first-order valence-electron chi connectivity index (χ1n) is 13.2. The molecule has 1 N–H and O–H groups in total. The second-order valence-corrected chi connectivity index (χ2v) is 12.7. The molecule has 1 spiro atoms. The van der Waals surface area contributed by atoms with E-state index in [1.54, 1.807) is 0 Å². The van der Waals surface area contributed by atoms with Crippen LogP contribution in [0.3, 0.4) is 0 Å². The van der Waals surface area contributed by atoms with E-state index in [4.69, 9.17) is 19.2 Å². The Labute approximate surface area is 210 Å². The molecule has 1 unspecified atom stereocenters. The van der Waals surface area contributed by atoms with Crippen molar-refractivity contribution in [2.75, 3.05) is 13.2 Å². The van der Waals surface area contributed by atoms with Gasteiger partial charge in [0.05, 0.1) is 11.7 Å². The largest absolute Gasteiger partial charge is 0.488 e. The first-order valence-corrected chi connectivity index (χ1v) is 13.2. The fourth-order valence-corrected chi connectivity index (χ4v) is 6.24. The van der Waals surface area contributed by atoms with Crippen molar-refractivity contribution in [3.05, 3.63) is 57.9 Å². The zero-order valence-electron chi connectivity index (χ0n) is 22.4. The molecule has 5 nitrogen and oxygen atoms in total. The molecule has 2 aliphatic heterocycles. The molecule has 190 valence electrons. The Bertz CT molecular complexity index is 1090. The molecule has 1 fully saturated rings. The highest BCUT2D eigenvalue weighted by atomic mass is 16.5. The Morgan fingerprint density at radius 3 is 2.31 bits per heavy atom. The summed E-state index contributed by atoms with van der Waals surface area (Å²) < 4.78 is 18.9. The first-order chi connectivity index (χ1) is 16.4. The van der Waals surface area contributed by atoms with Gasteiger partial charge in [0.2, 0.25) is 0 Å². The van der Waals surface area contributed by atoms with Crippen LogP contribution in [0.4, 0.5) is 0 Å². The molecule has 3 heterocycles. The van der Waals surface area contributed by atoms with Crippen molar-refractivity contribution in [2.45, 2.75) is 103 Å². The molecule has 5 heteroatoms. The van der Waals surface area contributed by atoms with Crippen molar-refractivity contribution in [3.8, 4) is 5.75 Å². The highest BCUT2D eigenvalue weighted by molar-refractivity contribution is 5.54. The van der Waals surface area contributed by atoms with Crippen LogP contribution in [0.5, 0.6) is 5.75 Å². The van der Waals surface area contributed by atoms with Crippen LogP contribution in [0.1, 0.15) is 119 Å². The van der Waals surface area contributed by atoms with Crippen LogP contribution < -0.4 is 4.74 Å². The van der Waals surface area contributed by atoms with Gasteiger partial charge in [0.15, 0.2) is 0 Å².